The number of carbonyl (C=O) groups is 1. The molecule has 5 nitrogen and oxygen atoms in total. The Morgan fingerprint density at radius 2 is 1.83 bits per heavy atom. The van der Waals surface area contributed by atoms with E-state index in [4.69, 9.17) is 14.2 Å². The van der Waals surface area contributed by atoms with E-state index < -0.39 is 5.97 Å². The third-order valence-corrected chi connectivity index (χ3v) is 3.31. The highest BCUT2D eigenvalue weighted by Crippen LogP contribution is 2.31. The van der Waals surface area contributed by atoms with Crippen LogP contribution in [0.1, 0.15) is 12.5 Å². The fraction of sp³-hybridized carbons (Fsp3) is 0.211. The summed E-state index contributed by atoms with van der Waals surface area (Å²) in [6, 6.07) is 14.9. The first-order valence-electron chi connectivity index (χ1n) is 7.60. The van der Waals surface area contributed by atoms with E-state index in [-0.39, 0.29) is 0 Å². The van der Waals surface area contributed by atoms with E-state index in [1.54, 1.807) is 39.3 Å². The lowest BCUT2D eigenvalue weighted by Crippen LogP contribution is -2.06. The second-order valence-electron chi connectivity index (χ2n) is 4.87. The topological polar surface area (TPSA) is 56.8 Å². The lowest BCUT2D eigenvalue weighted by molar-refractivity contribution is -0.137. The summed E-state index contributed by atoms with van der Waals surface area (Å²) in [7, 11) is 3.18. The van der Waals surface area contributed by atoms with E-state index in [0.717, 1.165) is 5.56 Å². The molecule has 24 heavy (non-hydrogen) atoms. The summed E-state index contributed by atoms with van der Waals surface area (Å²) in [5, 5.41) is 3.23. The van der Waals surface area contributed by atoms with Gasteiger partial charge in [-0.05, 0) is 24.6 Å². The van der Waals surface area contributed by atoms with Gasteiger partial charge in [0.15, 0.2) is 0 Å². The zero-order valence-corrected chi connectivity index (χ0v) is 14.0. The summed E-state index contributed by atoms with van der Waals surface area (Å²) in [6.07, 6.45) is 1.43. The second-order valence-corrected chi connectivity index (χ2v) is 4.87. The molecule has 0 atom stereocenters. The number of nitrogens with one attached hydrogen (secondary N) is 1. The first kappa shape index (κ1) is 17.4. The Hall–Kier alpha value is -2.95. The molecule has 2 aromatic carbocycles. The van der Waals surface area contributed by atoms with Gasteiger partial charge in [-0.1, -0.05) is 30.3 Å². The van der Waals surface area contributed by atoms with Gasteiger partial charge in [0.2, 0.25) is 0 Å². The van der Waals surface area contributed by atoms with Crippen LogP contribution in [0.25, 0.3) is 5.70 Å². The molecule has 0 aliphatic carbocycles. The number of hydrogen-bond donors (Lipinski definition) is 1. The van der Waals surface area contributed by atoms with Crippen LogP contribution in [0.15, 0.2) is 54.6 Å². The van der Waals surface area contributed by atoms with Crippen LogP contribution < -0.4 is 14.8 Å². The molecule has 0 spiro atoms. The number of anilines is 1. The monoisotopic (exact) mass is 327 g/mol. The summed E-state index contributed by atoms with van der Waals surface area (Å²) in [6.45, 7) is 2.09. The van der Waals surface area contributed by atoms with E-state index in [2.05, 4.69) is 5.32 Å². The summed E-state index contributed by atoms with van der Waals surface area (Å²) >= 11 is 0. The van der Waals surface area contributed by atoms with Crippen molar-refractivity contribution in [2.45, 2.75) is 6.92 Å². The SMILES string of the molecule is CCOC(=O)/C=C(\Nc1cc(OC)ccc1OC)c1ccccc1. The third-order valence-electron chi connectivity index (χ3n) is 3.31. The Bertz CT molecular complexity index is 711. The van der Waals surface area contributed by atoms with Crippen molar-refractivity contribution in [2.75, 3.05) is 26.1 Å². The molecule has 0 amide bonds. The van der Waals surface area contributed by atoms with Gasteiger partial charge < -0.3 is 19.5 Å². The smallest absolute Gasteiger partial charge is 0.332 e. The summed E-state index contributed by atoms with van der Waals surface area (Å²) in [4.78, 5) is 11.9. The van der Waals surface area contributed by atoms with Gasteiger partial charge in [0.1, 0.15) is 11.5 Å². The van der Waals surface area contributed by atoms with Gasteiger partial charge in [0.25, 0.3) is 0 Å². The van der Waals surface area contributed by atoms with Crippen molar-refractivity contribution in [2.24, 2.45) is 0 Å². The fourth-order valence-corrected chi connectivity index (χ4v) is 2.17. The van der Waals surface area contributed by atoms with Crippen LogP contribution in [-0.4, -0.2) is 26.8 Å². The molecule has 0 saturated carbocycles. The Morgan fingerprint density at radius 1 is 1.08 bits per heavy atom. The lowest BCUT2D eigenvalue weighted by Gasteiger charge is -2.15. The molecule has 2 rings (SSSR count). The largest absolute Gasteiger partial charge is 0.497 e. The number of carbonyl (C=O) groups excluding carboxylic acids is 1. The van der Waals surface area contributed by atoms with Crippen molar-refractivity contribution in [1.29, 1.82) is 0 Å². The molecule has 0 bridgehead atoms. The van der Waals surface area contributed by atoms with Gasteiger partial charge in [-0.15, -0.1) is 0 Å². The quantitative estimate of drug-likeness (QED) is 0.620. The summed E-state index contributed by atoms with van der Waals surface area (Å²) in [5.41, 5.74) is 2.16. The average molecular weight is 327 g/mol. The highest BCUT2D eigenvalue weighted by Gasteiger charge is 2.10. The number of rotatable bonds is 7. The molecule has 1 N–H and O–H groups in total. The van der Waals surface area contributed by atoms with E-state index >= 15 is 0 Å². The first-order valence-corrected chi connectivity index (χ1v) is 7.60. The van der Waals surface area contributed by atoms with Gasteiger partial charge in [-0.25, -0.2) is 4.79 Å². The third kappa shape index (κ3) is 4.52. The molecular weight excluding hydrogens is 306 g/mol. The molecule has 0 aliphatic heterocycles. The molecular formula is C19H21NO4. The molecule has 0 unspecified atom stereocenters. The zero-order chi connectivity index (χ0) is 17.4. The molecule has 2 aromatic rings. The minimum atomic E-state index is -0.411. The van der Waals surface area contributed by atoms with Crippen LogP contribution in [0, 0.1) is 0 Å². The van der Waals surface area contributed by atoms with E-state index in [1.165, 1.54) is 6.08 Å². The van der Waals surface area contributed by atoms with Gasteiger partial charge in [0, 0.05) is 12.1 Å². The standard InChI is InChI=1S/C19H21NO4/c1-4-24-19(21)13-16(14-8-6-5-7-9-14)20-17-12-15(22-2)10-11-18(17)23-3/h5-13,20H,4H2,1-3H3/b16-13-. The molecule has 0 radical (unpaired) electrons. The van der Waals surface area contributed by atoms with Crippen LogP contribution in [0.2, 0.25) is 0 Å². The predicted octanol–water partition coefficient (Wildman–Crippen LogP) is 3.72. The Morgan fingerprint density at radius 3 is 2.46 bits per heavy atom. The van der Waals surface area contributed by atoms with Crippen molar-refractivity contribution in [1.82, 2.24) is 0 Å². The molecule has 0 heterocycles. The van der Waals surface area contributed by atoms with Crippen LogP contribution in [-0.2, 0) is 9.53 Å². The minimum Gasteiger partial charge on any atom is -0.497 e. The second kappa shape index (κ2) is 8.62. The number of esters is 1. The normalized spacial score (nSPS) is 10.9. The van der Waals surface area contributed by atoms with Crippen LogP contribution in [0.5, 0.6) is 11.5 Å². The Kier molecular flexibility index (Phi) is 6.25. The first-order chi connectivity index (χ1) is 11.7. The highest BCUT2D eigenvalue weighted by molar-refractivity contribution is 5.95. The van der Waals surface area contributed by atoms with E-state index in [9.17, 15) is 4.79 Å². The molecule has 0 saturated heterocycles. The maximum atomic E-state index is 11.9. The van der Waals surface area contributed by atoms with E-state index in [1.807, 2.05) is 30.3 Å². The van der Waals surface area contributed by atoms with Crippen molar-refractivity contribution >= 4 is 17.4 Å². The fourth-order valence-electron chi connectivity index (χ4n) is 2.17. The van der Waals surface area contributed by atoms with E-state index in [0.29, 0.717) is 29.5 Å². The molecule has 0 aromatic heterocycles. The van der Waals surface area contributed by atoms with Gasteiger partial charge in [-0.3, -0.25) is 0 Å². The number of benzene rings is 2. The van der Waals surface area contributed by atoms with Gasteiger partial charge in [-0.2, -0.15) is 0 Å². The number of ether oxygens (including phenoxy) is 3. The minimum absolute atomic E-state index is 0.319. The summed E-state index contributed by atoms with van der Waals surface area (Å²) in [5.74, 6) is 0.911. The van der Waals surface area contributed by atoms with Crippen LogP contribution in [0.4, 0.5) is 5.69 Å². The number of methoxy groups -OCH3 is 2. The Balaban J connectivity index is 2.40. The Labute approximate surface area is 141 Å². The van der Waals surface area contributed by atoms with Crippen molar-refractivity contribution < 1.29 is 19.0 Å². The lowest BCUT2D eigenvalue weighted by atomic mass is 10.1. The molecule has 5 heteroatoms. The van der Waals surface area contributed by atoms with Crippen molar-refractivity contribution in [3.8, 4) is 11.5 Å². The molecule has 0 aliphatic rings. The maximum absolute atomic E-state index is 11.9. The number of hydrogen-bond acceptors (Lipinski definition) is 5. The molecule has 126 valence electrons. The van der Waals surface area contributed by atoms with Crippen LogP contribution in [0.3, 0.4) is 0 Å². The zero-order valence-electron chi connectivity index (χ0n) is 14.0. The average Bonchev–Trinajstić information content (AvgIpc) is 2.62. The summed E-state index contributed by atoms with van der Waals surface area (Å²) < 4.78 is 15.6. The van der Waals surface area contributed by atoms with Gasteiger partial charge in [0.05, 0.1) is 32.2 Å². The van der Waals surface area contributed by atoms with Crippen LogP contribution >= 0.6 is 0 Å². The maximum Gasteiger partial charge on any atom is 0.332 e. The van der Waals surface area contributed by atoms with Crippen molar-refractivity contribution in [3.05, 3.63) is 60.2 Å². The molecule has 0 fully saturated rings. The predicted molar refractivity (Wildman–Crippen MR) is 94.2 cm³/mol. The highest BCUT2D eigenvalue weighted by atomic mass is 16.5. The van der Waals surface area contributed by atoms with Gasteiger partial charge >= 0.3 is 5.97 Å². The van der Waals surface area contributed by atoms with Crippen molar-refractivity contribution in [3.63, 3.8) is 0 Å².